The van der Waals surface area contributed by atoms with E-state index in [0.717, 1.165) is 22.4 Å². The number of fused-ring (bicyclic) bond motifs is 1. The molecule has 0 radical (unpaired) electrons. The fourth-order valence-electron chi connectivity index (χ4n) is 1.53. The molecule has 16 heavy (non-hydrogen) atoms. The molecule has 0 fully saturated rings. The van der Waals surface area contributed by atoms with Gasteiger partial charge in [0.15, 0.2) is 0 Å². The highest BCUT2D eigenvalue weighted by Gasteiger charge is 2.01. The van der Waals surface area contributed by atoms with Gasteiger partial charge in [0, 0.05) is 0 Å². The minimum absolute atomic E-state index is 0.847. The highest BCUT2D eigenvalue weighted by atomic mass is 15.2. The van der Waals surface area contributed by atoms with Crippen LogP contribution in [0.3, 0.4) is 0 Å². The third-order valence-corrected chi connectivity index (χ3v) is 2.39. The van der Waals surface area contributed by atoms with Crippen molar-refractivity contribution >= 4 is 22.4 Å². The van der Waals surface area contributed by atoms with E-state index in [4.69, 9.17) is 0 Å². The molecule has 0 saturated heterocycles. The van der Waals surface area contributed by atoms with E-state index >= 15 is 0 Å². The van der Waals surface area contributed by atoms with Crippen LogP contribution >= 0.6 is 0 Å². The highest BCUT2D eigenvalue weighted by molar-refractivity contribution is 5.87. The first-order chi connectivity index (χ1) is 7.93. The number of benzene rings is 2. The van der Waals surface area contributed by atoms with Crippen LogP contribution in [0.25, 0.3) is 11.0 Å². The number of aromatic amines is 2. The highest BCUT2D eigenvalue weighted by Crippen LogP contribution is 2.25. The molecule has 0 atom stereocenters. The number of nitrogens with one attached hydrogen (secondary N) is 2. The topological polar surface area (TPSA) is 56.3 Å². The van der Waals surface area contributed by atoms with Gasteiger partial charge in [0.1, 0.15) is 11.2 Å². The van der Waals surface area contributed by atoms with Crippen molar-refractivity contribution in [3.05, 3.63) is 48.5 Å². The standard InChI is InChI=1S/C12H10N4/c1-2-5-9(6-3-1)13-14-10-7-4-8-11-12(10)16-15-11/h1-8,15-16H. The number of hydrogen-bond acceptors (Lipinski definition) is 2. The van der Waals surface area contributed by atoms with E-state index in [-0.39, 0.29) is 0 Å². The van der Waals surface area contributed by atoms with Crippen LogP contribution in [0.4, 0.5) is 11.4 Å². The van der Waals surface area contributed by atoms with Crippen molar-refractivity contribution in [3.8, 4) is 0 Å². The van der Waals surface area contributed by atoms with Crippen LogP contribution in [0.2, 0.25) is 0 Å². The van der Waals surface area contributed by atoms with Crippen molar-refractivity contribution in [2.24, 2.45) is 10.2 Å². The Morgan fingerprint density at radius 2 is 1.62 bits per heavy atom. The minimum atomic E-state index is 0.847. The number of rotatable bonds is 2. The molecule has 1 aromatic heterocycles. The van der Waals surface area contributed by atoms with Gasteiger partial charge in [-0.2, -0.15) is 5.11 Å². The average molecular weight is 210 g/mol. The van der Waals surface area contributed by atoms with Gasteiger partial charge in [0.05, 0.1) is 11.2 Å². The lowest BCUT2D eigenvalue weighted by molar-refractivity contribution is 1.06. The van der Waals surface area contributed by atoms with Gasteiger partial charge < -0.3 is 0 Å². The van der Waals surface area contributed by atoms with Gasteiger partial charge in [-0.3, -0.25) is 10.2 Å². The van der Waals surface area contributed by atoms with E-state index in [1.165, 1.54) is 0 Å². The van der Waals surface area contributed by atoms with Crippen LogP contribution in [0, 0.1) is 0 Å². The number of H-pyrrole nitrogens is 2. The van der Waals surface area contributed by atoms with Crippen LogP contribution < -0.4 is 0 Å². The second-order valence-corrected chi connectivity index (χ2v) is 3.49. The lowest BCUT2D eigenvalue weighted by Gasteiger charge is -2.04. The van der Waals surface area contributed by atoms with Crippen molar-refractivity contribution in [2.75, 3.05) is 0 Å². The molecule has 2 N–H and O–H groups in total. The summed E-state index contributed by atoms with van der Waals surface area (Å²) in [6.07, 6.45) is 0. The van der Waals surface area contributed by atoms with Crippen LogP contribution in [0.1, 0.15) is 0 Å². The number of nitrogens with zero attached hydrogens (tertiary/aromatic N) is 2. The smallest absolute Gasteiger partial charge is 0.113 e. The molecule has 0 aliphatic rings. The molecule has 0 aliphatic heterocycles. The predicted octanol–water partition coefficient (Wildman–Crippen LogP) is 3.91. The Labute approximate surface area is 92.0 Å². The van der Waals surface area contributed by atoms with Crippen LogP contribution in [0.15, 0.2) is 58.8 Å². The second kappa shape index (κ2) is 3.66. The first kappa shape index (κ1) is 8.91. The van der Waals surface area contributed by atoms with E-state index in [0.29, 0.717) is 0 Å². The Bertz CT molecular complexity index is 619. The molecule has 0 spiro atoms. The van der Waals surface area contributed by atoms with Crippen molar-refractivity contribution < 1.29 is 0 Å². The Hall–Kier alpha value is -2.36. The predicted molar refractivity (Wildman–Crippen MR) is 63.3 cm³/mol. The van der Waals surface area contributed by atoms with Gasteiger partial charge in [0.2, 0.25) is 0 Å². The van der Waals surface area contributed by atoms with Gasteiger partial charge in [-0.05, 0) is 24.3 Å². The van der Waals surface area contributed by atoms with E-state index in [2.05, 4.69) is 20.4 Å². The molecule has 3 aromatic rings. The summed E-state index contributed by atoms with van der Waals surface area (Å²) in [7, 11) is 0. The Morgan fingerprint density at radius 3 is 2.38 bits per heavy atom. The fourth-order valence-corrected chi connectivity index (χ4v) is 1.53. The molecule has 4 nitrogen and oxygen atoms in total. The number of azo groups is 1. The summed E-state index contributed by atoms with van der Waals surface area (Å²) in [5.41, 5.74) is 3.76. The summed E-state index contributed by atoms with van der Waals surface area (Å²) in [6.45, 7) is 0. The zero-order valence-corrected chi connectivity index (χ0v) is 8.51. The summed E-state index contributed by atoms with van der Waals surface area (Å²) in [6, 6.07) is 15.6. The fraction of sp³-hybridized carbons (Fsp3) is 0. The number of hydrogen-bond donors (Lipinski definition) is 2. The lowest BCUT2D eigenvalue weighted by Crippen LogP contribution is -1.89. The Kier molecular flexibility index (Phi) is 2.04. The molecule has 1 heterocycles. The zero-order chi connectivity index (χ0) is 10.8. The summed E-state index contributed by atoms with van der Waals surface area (Å²) in [4.78, 5) is 0. The molecule has 0 unspecified atom stereocenters. The van der Waals surface area contributed by atoms with Crippen molar-refractivity contribution in [2.45, 2.75) is 0 Å². The minimum Gasteiger partial charge on any atom is -0.299 e. The molecular weight excluding hydrogens is 200 g/mol. The van der Waals surface area contributed by atoms with E-state index in [1.54, 1.807) is 0 Å². The molecule has 78 valence electrons. The summed E-state index contributed by atoms with van der Waals surface area (Å²) in [5.74, 6) is 0. The largest absolute Gasteiger partial charge is 0.299 e. The Balaban J connectivity index is 1.95. The maximum absolute atomic E-state index is 4.21. The van der Waals surface area contributed by atoms with Crippen LogP contribution in [-0.4, -0.2) is 10.2 Å². The average Bonchev–Trinajstić information content (AvgIpc) is 2.30. The SMILES string of the molecule is c1ccc(N=Nc2cccc3[nH][nH]c23)cc1. The summed E-state index contributed by atoms with van der Waals surface area (Å²) >= 11 is 0. The molecule has 0 aliphatic carbocycles. The van der Waals surface area contributed by atoms with Crippen molar-refractivity contribution in [1.82, 2.24) is 10.2 Å². The number of para-hydroxylation sites is 1. The number of aromatic nitrogens is 2. The van der Waals surface area contributed by atoms with Gasteiger partial charge >= 0.3 is 0 Å². The molecule has 2 aromatic carbocycles. The van der Waals surface area contributed by atoms with E-state index < -0.39 is 0 Å². The van der Waals surface area contributed by atoms with Crippen LogP contribution in [0.5, 0.6) is 0 Å². The van der Waals surface area contributed by atoms with Gasteiger partial charge in [-0.1, -0.05) is 24.3 Å². The monoisotopic (exact) mass is 210 g/mol. The van der Waals surface area contributed by atoms with Crippen LogP contribution in [-0.2, 0) is 0 Å². The molecule has 0 amide bonds. The first-order valence-electron chi connectivity index (χ1n) is 5.05. The van der Waals surface area contributed by atoms with Gasteiger partial charge in [-0.25, -0.2) is 0 Å². The van der Waals surface area contributed by atoms with Crippen molar-refractivity contribution in [1.29, 1.82) is 0 Å². The molecule has 3 rings (SSSR count). The van der Waals surface area contributed by atoms with E-state index in [1.807, 2.05) is 48.5 Å². The quantitative estimate of drug-likeness (QED) is 0.602. The lowest BCUT2D eigenvalue weighted by atomic mass is 10.2. The molecule has 0 bridgehead atoms. The molecule has 0 saturated carbocycles. The maximum Gasteiger partial charge on any atom is 0.113 e. The first-order valence-corrected chi connectivity index (χ1v) is 5.05. The third-order valence-electron chi connectivity index (χ3n) is 2.39. The van der Waals surface area contributed by atoms with E-state index in [9.17, 15) is 0 Å². The zero-order valence-electron chi connectivity index (χ0n) is 8.51. The molecular formula is C12H10N4. The maximum atomic E-state index is 4.21. The summed E-state index contributed by atoms with van der Waals surface area (Å²) < 4.78 is 0. The van der Waals surface area contributed by atoms with Gasteiger partial charge in [0.25, 0.3) is 0 Å². The van der Waals surface area contributed by atoms with Gasteiger partial charge in [-0.15, -0.1) is 5.11 Å². The normalized spacial score (nSPS) is 11.5. The van der Waals surface area contributed by atoms with Crippen molar-refractivity contribution in [3.63, 3.8) is 0 Å². The Morgan fingerprint density at radius 1 is 0.750 bits per heavy atom. The summed E-state index contributed by atoms with van der Waals surface area (Å²) in [5, 5.41) is 14.3. The second-order valence-electron chi connectivity index (χ2n) is 3.49. The third kappa shape index (κ3) is 1.50. The molecule has 4 heteroatoms.